The van der Waals surface area contributed by atoms with Crippen molar-refractivity contribution in [2.75, 3.05) is 0 Å². The molecule has 9 heavy (non-hydrogen) atoms. The Morgan fingerprint density at radius 3 is 1.00 bits per heavy atom. The van der Waals surface area contributed by atoms with Crippen molar-refractivity contribution < 1.29 is 62.9 Å². The summed E-state index contributed by atoms with van der Waals surface area (Å²) < 4.78 is 54.2. The van der Waals surface area contributed by atoms with E-state index in [0.29, 0.717) is 0 Å². The van der Waals surface area contributed by atoms with Gasteiger partial charge in [-0.3, -0.25) is 0 Å². The molecule has 0 bridgehead atoms. The van der Waals surface area contributed by atoms with Crippen LogP contribution >= 0.6 is 0 Å². The zero-order valence-corrected chi connectivity index (χ0v) is 11.2. The van der Waals surface area contributed by atoms with Crippen molar-refractivity contribution in [2.45, 2.75) is 0 Å². The molecule has 0 saturated heterocycles. The third-order valence-electron chi connectivity index (χ3n) is 0. The van der Waals surface area contributed by atoms with Crippen molar-refractivity contribution >= 4 is 37.7 Å². The molecule has 0 N–H and O–H groups in total. The summed E-state index contributed by atoms with van der Waals surface area (Å²) in [6, 6.07) is 0. The van der Waals surface area contributed by atoms with Crippen LogP contribution in [0.4, 0.5) is 5.25 Å². The summed E-state index contributed by atoms with van der Waals surface area (Å²) in [6.07, 6.45) is 0. The fraction of sp³-hybridized carbons (Fsp3) is 0. The standard InChI is InChI=1S/Ca.2FH.4O.2Zr/h;2*1H;;;;;;/q+2;;;;;2*-1;2*+1/p-2. The Bertz CT molecular complexity index is 74.6. The molecular formula is CaF2O4Zr2. The molecule has 4 nitrogen and oxygen atoms in total. The summed E-state index contributed by atoms with van der Waals surface area (Å²) in [5, 5.41) is 0. The normalized spacial score (nSPS) is 5.78. The zero-order chi connectivity index (χ0) is 7.15. The van der Waals surface area contributed by atoms with Gasteiger partial charge in [0.15, 0.2) is 0 Å². The van der Waals surface area contributed by atoms with Crippen molar-refractivity contribution in [3.8, 4) is 0 Å². The SMILES string of the molecule is [Ca+2].[O]=[Zr]([O-])[F].[O]=[Zr]([O-])[F]. The maximum atomic E-state index is 10.1. The van der Waals surface area contributed by atoms with E-state index < -0.39 is 45.6 Å². The Morgan fingerprint density at radius 2 is 1.00 bits per heavy atom. The molecule has 0 radical (unpaired) electrons. The number of hydrogen-bond donors (Lipinski definition) is 0. The minimum atomic E-state index is -4.54. The van der Waals surface area contributed by atoms with Gasteiger partial charge in [-0.15, -0.1) is 0 Å². The van der Waals surface area contributed by atoms with Crippen LogP contribution in [0.5, 0.6) is 0 Å². The topological polar surface area (TPSA) is 80.3 Å². The first-order chi connectivity index (χ1) is 3.46. The third-order valence-corrected chi connectivity index (χ3v) is 0. The van der Waals surface area contributed by atoms with Gasteiger partial charge in [0.2, 0.25) is 0 Å². The molecule has 0 aliphatic heterocycles. The molecule has 0 unspecified atom stereocenters. The number of halogens is 2. The van der Waals surface area contributed by atoms with Crippen LogP contribution in [0, 0.1) is 0 Å². The van der Waals surface area contributed by atoms with Gasteiger partial charge in [-0.05, 0) is 0 Å². The molecule has 48 valence electrons. The average Bonchev–Trinajstić information content (AvgIpc) is 1.25. The van der Waals surface area contributed by atoms with Crippen molar-refractivity contribution in [3.05, 3.63) is 0 Å². The van der Waals surface area contributed by atoms with E-state index in [4.69, 9.17) is 12.0 Å². The zero-order valence-electron chi connectivity index (χ0n) is 4.10. The number of rotatable bonds is 0. The van der Waals surface area contributed by atoms with E-state index in [1.807, 2.05) is 0 Å². The Kier molecular flexibility index (Phi) is 25.3. The van der Waals surface area contributed by atoms with Gasteiger partial charge in [-0.1, -0.05) is 0 Å². The molecule has 0 aromatic carbocycles. The molecule has 0 aliphatic carbocycles. The minimum absolute atomic E-state index is 0. The Balaban J connectivity index is -0.0000000720. The predicted molar refractivity (Wildman–Crippen MR) is 9.34 cm³/mol. The van der Waals surface area contributed by atoms with Crippen molar-refractivity contribution in [1.29, 1.82) is 0 Å². The van der Waals surface area contributed by atoms with Gasteiger partial charge in [0.1, 0.15) is 0 Å². The second-order valence-corrected chi connectivity index (χ2v) is 2.81. The quantitative estimate of drug-likeness (QED) is 0.475. The maximum absolute atomic E-state index is 10.1. The molecule has 0 rings (SSSR count). The van der Waals surface area contributed by atoms with Gasteiger partial charge < -0.3 is 0 Å². The van der Waals surface area contributed by atoms with E-state index in [1.165, 1.54) is 0 Å². The first-order valence-corrected chi connectivity index (χ1v) is 7.07. The van der Waals surface area contributed by atoms with Crippen molar-refractivity contribution in [1.82, 2.24) is 0 Å². The third kappa shape index (κ3) is 127. The van der Waals surface area contributed by atoms with E-state index in [1.54, 1.807) is 0 Å². The summed E-state index contributed by atoms with van der Waals surface area (Å²) in [7, 11) is 0. The molecule has 0 aromatic heterocycles. The van der Waals surface area contributed by atoms with Crippen LogP contribution in [0.25, 0.3) is 0 Å². The van der Waals surface area contributed by atoms with Gasteiger partial charge in [0.25, 0.3) is 0 Å². The predicted octanol–water partition coefficient (Wildman–Crippen LogP) is -2.16. The second kappa shape index (κ2) is 13.0. The molecule has 0 aromatic rings. The molecule has 0 fully saturated rings. The van der Waals surface area contributed by atoms with Crippen molar-refractivity contribution in [2.24, 2.45) is 0 Å². The first kappa shape index (κ1) is 17.5. The fourth-order valence-corrected chi connectivity index (χ4v) is 0. The van der Waals surface area contributed by atoms with E-state index in [-0.39, 0.29) is 37.7 Å². The molecule has 0 spiro atoms. The van der Waals surface area contributed by atoms with E-state index >= 15 is 0 Å². The Hall–Kier alpha value is 2.41. The van der Waals surface area contributed by atoms with Crippen LogP contribution in [0.15, 0.2) is 0 Å². The van der Waals surface area contributed by atoms with Gasteiger partial charge in [0.05, 0.1) is 0 Å². The van der Waals surface area contributed by atoms with E-state index in [0.717, 1.165) is 0 Å². The van der Waals surface area contributed by atoms with Gasteiger partial charge in [-0.2, -0.15) is 0 Å². The molecular weight excluding hydrogens is 325 g/mol. The molecule has 0 atom stereocenters. The molecule has 0 amide bonds. The fourth-order valence-electron chi connectivity index (χ4n) is 0. The van der Waals surface area contributed by atoms with Crippen LogP contribution in [-0.2, 0) is 51.2 Å². The van der Waals surface area contributed by atoms with Crippen LogP contribution in [0.2, 0.25) is 0 Å². The molecule has 0 aliphatic rings. The number of hydrogen-bond acceptors (Lipinski definition) is 4. The monoisotopic (exact) mass is 322 g/mol. The Morgan fingerprint density at radius 1 is 1.00 bits per heavy atom. The summed E-state index contributed by atoms with van der Waals surface area (Å²) in [5.41, 5.74) is 0. The van der Waals surface area contributed by atoms with Crippen LogP contribution in [0.1, 0.15) is 0 Å². The van der Waals surface area contributed by atoms with E-state index in [9.17, 15) is 5.25 Å². The van der Waals surface area contributed by atoms with Crippen molar-refractivity contribution in [3.63, 3.8) is 0 Å². The first-order valence-electron chi connectivity index (χ1n) is 1.19. The summed E-state index contributed by atoms with van der Waals surface area (Å²) >= 11 is -9.09. The van der Waals surface area contributed by atoms with E-state index in [2.05, 4.69) is 0 Å². The Labute approximate surface area is 98.5 Å². The second-order valence-electron chi connectivity index (χ2n) is 0.475. The van der Waals surface area contributed by atoms with Gasteiger partial charge in [-0.25, -0.2) is 0 Å². The van der Waals surface area contributed by atoms with Gasteiger partial charge in [0, 0.05) is 0 Å². The average molecular weight is 325 g/mol. The van der Waals surface area contributed by atoms with Crippen LogP contribution in [-0.4, -0.2) is 37.7 Å². The van der Waals surface area contributed by atoms with Gasteiger partial charge >= 0.3 is 101 Å². The van der Waals surface area contributed by atoms with Crippen LogP contribution in [0.3, 0.4) is 0 Å². The molecule has 9 heteroatoms. The summed E-state index contributed by atoms with van der Waals surface area (Å²) in [4.78, 5) is 0. The molecule has 0 saturated carbocycles. The summed E-state index contributed by atoms with van der Waals surface area (Å²) in [6.45, 7) is 0. The van der Waals surface area contributed by atoms with Crippen LogP contribution < -0.4 is 6.37 Å². The summed E-state index contributed by atoms with van der Waals surface area (Å²) in [5.74, 6) is 0. The molecule has 0 heterocycles.